The van der Waals surface area contributed by atoms with Gasteiger partial charge in [0.15, 0.2) is 5.82 Å². The van der Waals surface area contributed by atoms with Gasteiger partial charge in [-0.2, -0.15) is 4.98 Å². The Labute approximate surface area is 148 Å². The summed E-state index contributed by atoms with van der Waals surface area (Å²) >= 11 is 0. The van der Waals surface area contributed by atoms with Crippen molar-refractivity contribution < 1.29 is 14.1 Å². The van der Waals surface area contributed by atoms with E-state index in [0.29, 0.717) is 30.8 Å². The van der Waals surface area contributed by atoms with Crippen LogP contribution in [0.3, 0.4) is 0 Å². The summed E-state index contributed by atoms with van der Waals surface area (Å²) in [7, 11) is 1.62. The Kier molecular flexibility index (Phi) is 4.78. The molecule has 0 aromatic carbocycles. The molecule has 1 aromatic heterocycles. The van der Waals surface area contributed by atoms with Crippen LogP contribution in [-0.2, 0) is 22.7 Å². The number of piperidine rings is 1. The number of hydrogen-bond donors (Lipinski definition) is 0. The second kappa shape index (κ2) is 7.03. The number of aromatic nitrogens is 2. The number of hydrogen-bond acceptors (Lipinski definition) is 6. The number of carbonyl (C=O) groups excluding carboxylic acids is 1. The van der Waals surface area contributed by atoms with Crippen molar-refractivity contribution in [2.24, 2.45) is 11.3 Å². The summed E-state index contributed by atoms with van der Waals surface area (Å²) in [5, 5.41) is 3.91. The number of carbonyl (C=O) groups is 1. The van der Waals surface area contributed by atoms with Gasteiger partial charge in [-0.05, 0) is 44.6 Å². The zero-order valence-electron chi connectivity index (χ0n) is 15.1. The number of methoxy groups -OCH3 is 1. The molecule has 2 saturated heterocycles. The monoisotopic (exact) mass is 348 g/mol. The second-order valence-corrected chi connectivity index (χ2v) is 7.93. The van der Waals surface area contributed by atoms with Gasteiger partial charge in [0, 0.05) is 26.7 Å². The topological polar surface area (TPSA) is 71.7 Å². The van der Waals surface area contributed by atoms with Gasteiger partial charge in [0.05, 0.1) is 12.0 Å². The third-order valence-corrected chi connectivity index (χ3v) is 6.10. The Morgan fingerprint density at radius 2 is 2.16 bits per heavy atom. The molecule has 0 bridgehead atoms. The predicted octanol–water partition coefficient (Wildman–Crippen LogP) is 1.83. The van der Waals surface area contributed by atoms with Gasteiger partial charge in [-0.1, -0.05) is 11.6 Å². The summed E-state index contributed by atoms with van der Waals surface area (Å²) in [6.07, 6.45) is 7.02. The molecule has 1 saturated carbocycles. The molecule has 1 aromatic rings. The molecule has 3 aliphatic rings. The SMILES string of the molecule is COCc1noc(CN2CCC3(CCCN(CC4CCC4)C3=O)C2)n1. The van der Waals surface area contributed by atoms with Gasteiger partial charge < -0.3 is 14.2 Å². The molecule has 0 N–H and O–H groups in total. The molecule has 1 amide bonds. The van der Waals surface area contributed by atoms with E-state index >= 15 is 0 Å². The Balaban J connectivity index is 1.36. The molecule has 3 heterocycles. The molecule has 4 rings (SSSR count). The molecular weight excluding hydrogens is 320 g/mol. The zero-order valence-corrected chi connectivity index (χ0v) is 15.1. The lowest BCUT2D eigenvalue weighted by atomic mass is 9.77. The van der Waals surface area contributed by atoms with E-state index in [2.05, 4.69) is 19.9 Å². The van der Waals surface area contributed by atoms with Gasteiger partial charge in [0.25, 0.3) is 0 Å². The van der Waals surface area contributed by atoms with Crippen molar-refractivity contribution in [2.45, 2.75) is 51.7 Å². The molecule has 25 heavy (non-hydrogen) atoms. The quantitative estimate of drug-likeness (QED) is 0.781. The van der Waals surface area contributed by atoms with E-state index in [1.165, 1.54) is 19.3 Å². The number of likely N-dealkylation sites (tertiary alicyclic amines) is 2. The van der Waals surface area contributed by atoms with Crippen LogP contribution >= 0.6 is 0 Å². The van der Waals surface area contributed by atoms with Crippen molar-refractivity contribution in [3.05, 3.63) is 11.7 Å². The average molecular weight is 348 g/mol. The van der Waals surface area contributed by atoms with Crippen molar-refractivity contribution in [3.8, 4) is 0 Å². The summed E-state index contributed by atoms with van der Waals surface area (Å²) in [5.41, 5.74) is -0.183. The van der Waals surface area contributed by atoms with Crippen LogP contribution in [0.15, 0.2) is 4.52 Å². The van der Waals surface area contributed by atoms with E-state index in [4.69, 9.17) is 9.26 Å². The second-order valence-electron chi connectivity index (χ2n) is 7.93. The van der Waals surface area contributed by atoms with Crippen molar-refractivity contribution in [1.29, 1.82) is 0 Å². The standard InChI is InChI=1S/C18H28N4O3/c1-24-12-15-19-16(25-20-15)11-21-9-7-18(13-21)6-3-8-22(17(18)23)10-14-4-2-5-14/h14H,2-13H2,1H3. The molecule has 0 radical (unpaired) electrons. The number of nitrogens with zero attached hydrogens (tertiary/aromatic N) is 4. The van der Waals surface area contributed by atoms with Crippen molar-refractivity contribution >= 4 is 5.91 Å². The van der Waals surface area contributed by atoms with Crippen molar-refractivity contribution in [3.63, 3.8) is 0 Å². The fourth-order valence-corrected chi connectivity index (χ4v) is 4.52. The van der Waals surface area contributed by atoms with E-state index in [1.54, 1.807) is 7.11 Å². The number of amides is 1. The largest absolute Gasteiger partial charge is 0.377 e. The molecule has 1 atom stereocenters. The third-order valence-electron chi connectivity index (χ3n) is 6.10. The maximum absolute atomic E-state index is 13.1. The van der Waals surface area contributed by atoms with E-state index in [9.17, 15) is 4.79 Å². The van der Waals surface area contributed by atoms with Gasteiger partial charge in [0.2, 0.25) is 11.8 Å². The van der Waals surface area contributed by atoms with Crippen molar-refractivity contribution in [2.75, 3.05) is 33.3 Å². The van der Waals surface area contributed by atoms with Crippen LogP contribution in [0.1, 0.15) is 50.2 Å². The van der Waals surface area contributed by atoms with E-state index in [1.807, 2.05) is 0 Å². The van der Waals surface area contributed by atoms with Gasteiger partial charge in [0.1, 0.15) is 6.61 Å². The molecule has 1 spiro atoms. The minimum atomic E-state index is -0.183. The third kappa shape index (κ3) is 3.44. The lowest BCUT2D eigenvalue weighted by Crippen LogP contribution is -2.51. The average Bonchev–Trinajstić information content (AvgIpc) is 3.16. The minimum Gasteiger partial charge on any atom is -0.377 e. The molecule has 138 valence electrons. The van der Waals surface area contributed by atoms with E-state index in [-0.39, 0.29) is 5.41 Å². The van der Waals surface area contributed by atoms with E-state index in [0.717, 1.165) is 51.4 Å². The molecule has 1 unspecified atom stereocenters. The Hall–Kier alpha value is -1.47. The predicted molar refractivity (Wildman–Crippen MR) is 90.5 cm³/mol. The van der Waals surface area contributed by atoms with Crippen LogP contribution in [0.25, 0.3) is 0 Å². The first-order chi connectivity index (χ1) is 12.2. The number of ether oxygens (including phenoxy) is 1. The Morgan fingerprint density at radius 3 is 2.92 bits per heavy atom. The summed E-state index contributed by atoms with van der Waals surface area (Å²) in [4.78, 5) is 21.9. The highest BCUT2D eigenvalue weighted by Crippen LogP contribution is 2.41. The number of rotatable bonds is 6. The summed E-state index contributed by atoms with van der Waals surface area (Å²) in [6, 6.07) is 0. The van der Waals surface area contributed by atoms with Gasteiger partial charge in [-0.3, -0.25) is 9.69 Å². The zero-order chi connectivity index (χ0) is 17.3. The van der Waals surface area contributed by atoms with E-state index < -0.39 is 0 Å². The maximum atomic E-state index is 13.1. The van der Waals surface area contributed by atoms with Crippen LogP contribution < -0.4 is 0 Å². The maximum Gasteiger partial charge on any atom is 0.240 e. The van der Waals surface area contributed by atoms with Gasteiger partial charge >= 0.3 is 0 Å². The highest BCUT2D eigenvalue weighted by molar-refractivity contribution is 5.84. The summed E-state index contributed by atoms with van der Waals surface area (Å²) in [6.45, 7) is 4.64. The van der Waals surface area contributed by atoms with Crippen LogP contribution in [0, 0.1) is 11.3 Å². The molecular formula is C18H28N4O3. The molecule has 7 nitrogen and oxygen atoms in total. The van der Waals surface area contributed by atoms with Gasteiger partial charge in [-0.15, -0.1) is 0 Å². The summed E-state index contributed by atoms with van der Waals surface area (Å²) in [5.74, 6) is 2.32. The van der Waals surface area contributed by atoms with Crippen LogP contribution in [0.2, 0.25) is 0 Å². The fraction of sp³-hybridized carbons (Fsp3) is 0.833. The Morgan fingerprint density at radius 1 is 1.28 bits per heavy atom. The first-order valence-electron chi connectivity index (χ1n) is 9.51. The molecule has 7 heteroatoms. The van der Waals surface area contributed by atoms with Crippen LogP contribution in [-0.4, -0.2) is 59.1 Å². The summed E-state index contributed by atoms with van der Waals surface area (Å²) < 4.78 is 10.3. The molecule has 3 fully saturated rings. The molecule has 2 aliphatic heterocycles. The first kappa shape index (κ1) is 17.0. The Bertz CT molecular complexity index is 615. The van der Waals surface area contributed by atoms with Crippen LogP contribution in [0.5, 0.6) is 0 Å². The first-order valence-corrected chi connectivity index (χ1v) is 9.51. The smallest absolute Gasteiger partial charge is 0.240 e. The fourth-order valence-electron chi connectivity index (χ4n) is 4.52. The highest BCUT2D eigenvalue weighted by atomic mass is 16.5. The van der Waals surface area contributed by atoms with Gasteiger partial charge in [-0.25, -0.2) is 0 Å². The van der Waals surface area contributed by atoms with Crippen molar-refractivity contribution in [1.82, 2.24) is 19.9 Å². The highest BCUT2D eigenvalue weighted by Gasteiger charge is 2.48. The lowest BCUT2D eigenvalue weighted by Gasteiger charge is -2.42. The van der Waals surface area contributed by atoms with Crippen LogP contribution in [0.4, 0.5) is 0 Å². The normalized spacial score (nSPS) is 28.0. The minimum absolute atomic E-state index is 0.183. The lowest BCUT2D eigenvalue weighted by molar-refractivity contribution is -0.146. The molecule has 1 aliphatic carbocycles.